The van der Waals surface area contributed by atoms with Crippen LogP contribution in [-0.4, -0.2) is 23.1 Å². The molecule has 1 amide bonds. The first-order chi connectivity index (χ1) is 10.6. The Morgan fingerprint density at radius 1 is 1.14 bits per heavy atom. The van der Waals surface area contributed by atoms with E-state index >= 15 is 0 Å². The van der Waals surface area contributed by atoms with Crippen LogP contribution < -0.4 is 10.1 Å². The molecule has 22 heavy (non-hydrogen) atoms. The maximum atomic E-state index is 12.5. The molecule has 1 aliphatic heterocycles. The average molecular weight is 294 g/mol. The van der Waals surface area contributed by atoms with Gasteiger partial charge in [0, 0.05) is 33.9 Å². The molecule has 1 aliphatic rings. The molecule has 2 aromatic carbocycles. The molecule has 3 N–H and O–H groups in total. The van der Waals surface area contributed by atoms with Crippen LogP contribution in [0.1, 0.15) is 11.1 Å². The highest BCUT2D eigenvalue weighted by molar-refractivity contribution is 6.09. The third-order valence-electron chi connectivity index (χ3n) is 4.17. The fraction of sp³-hybridized carbons (Fsp3) is 0.118. The van der Waals surface area contributed by atoms with Crippen molar-refractivity contribution in [3.05, 3.63) is 59.8 Å². The number of hydrogen-bond donors (Lipinski definition) is 3. The number of fused-ring (bicyclic) bond motifs is 2. The minimum Gasteiger partial charge on any atom is -0.497 e. The lowest BCUT2D eigenvalue weighted by Crippen LogP contribution is -2.35. The quantitative estimate of drug-likeness (QED) is 0.679. The number of para-hydroxylation sites is 1. The van der Waals surface area contributed by atoms with E-state index in [1.807, 2.05) is 24.3 Å². The van der Waals surface area contributed by atoms with Gasteiger partial charge in [0.25, 0.3) is 5.91 Å². The Kier molecular flexibility index (Phi) is 2.55. The van der Waals surface area contributed by atoms with Crippen molar-refractivity contribution in [2.45, 2.75) is 5.60 Å². The molecule has 0 fully saturated rings. The van der Waals surface area contributed by atoms with Crippen molar-refractivity contribution in [3.63, 3.8) is 0 Å². The third-order valence-corrected chi connectivity index (χ3v) is 4.17. The van der Waals surface area contributed by atoms with E-state index in [0.717, 1.165) is 10.9 Å². The van der Waals surface area contributed by atoms with E-state index in [4.69, 9.17) is 4.74 Å². The molecule has 3 aromatic rings. The Hall–Kier alpha value is -2.79. The van der Waals surface area contributed by atoms with Crippen molar-refractivity contribution < 1.29 is 14.6 Å². The minimum atomic E-state index is -1.73. The van der Waals surface area contributed by atoms with E-state index in [2.05, 4.69) is 10.3 Å². The van der Waals surface area contributed by atoms with E-state index in [1.165, 1.54) is 0 Å². The van der Waals surface area contributed by atoms with Gasteiger partial charge in [-0.3, -0.25) is 4.79 Å². The Morgan fingerprint density at radius 3 is 2.77 bits per heavy atom. The van der Waals surface area contributed by atoms with Crippen molar-refractivity contribution in [3.8, 4) is 5.75 Å². The number of ether oxygens (including phenoxy) is 1. The molecular formula is C17H14N2O3. The number of benzene rings is 2. The van der Waals surface area contributed by atoms with Crippen LogP contribution in [0, 0.1) is 0 Å². The van der Waals surface area contributed by atoms with Crippen LogP contribution in [0.5, 0.6) is 5.75 Å². The van der Waals surface area contributed by atoms with Crippen molar-refractivity contribution in [1.82, 2.24) is 4.98 Å². The average Bonchev–Trinajstić information content (AvgIpc) is 3.08. The second kappa shape index (κ2) is 4.35. The SMILES string of the molecule is COc1ccc2c(c1)[C@](O)(c1c[nH]c3ccccc13)C(=O)N2. The first kappa shape index (κ1) is 12.9. The lowest BCUT2D eigenvalue weighted by Gasteiger charge is -2.20. The van der Waals surface area contributed by atoms with Crippen LogP contribution in [0.15, 0.2) is 48.7 Å². The number of hydrogen-bond acceptors (Lipinski definition) is 3. The van der Waals surface area contributed by atoms with Gasteiger partial charge >= 0.3 is 0 Å². The molecule has 5 heteroatoms. The topological polar surface area (TPSA) is 74.3 Å². The summed E-state index contributed by atoms with van der Waals surface area (Å²) in [6, 6.07) is 12.7. The lowest BCUT2D eigenvalue weighted by molar-refractivity contribution is -0.129. The van der Waals surface area contributed by atoms with Gasteiger partial charge in [-0.2, -0.15) is 0 Å². The van der Waals surface area contributed by atoms with Crippen LogP contribution in [0.2, 0.25) is 0 Å². The second-order valence-electron chi connectivity index (χ2n) is 5.32. The smallest absolute Gasteiger partial charge is 0.265 e. The summed E-state index contributed by atoms with van der Waals surface area (Å²) in [7, 11) is 1.55. The number of carbonyl (C=O) groups is 1. The van der Waals surface area contributed by atoms with Gasteiger partial charge < -0.3 is 20.1 Å². The molecular weight excluding hydrogens is 280 g/mol. The molecule has 2 heterocycles. The second-order valence-corrected chi connectivity index (χ2v) is 5.32. The molecule has 0 saturated heterocycles. The summed E-state index contributed by atoms with van der Waals surface area (Å²) in [5.74, 6) is 0.133. The number of rotatable bonds is 2. The predicted molar refractivity (Wildman–Crippen MR) is 82.9 cm³/mol. The van der Waals surface area contributed by atoms with Crippen LogP contribution in [0.4, 0.5) is 5.69 Å². The van der Waals surface area contributed by atoms with Gasteiger partial charge in [-0.05, 0) is 24.3 Å². The number of methoxy groups -OCH3 is 1. The van der Waals surface area contributed by atoms with Gasteiger partial charge in [-0.15, -0.1) is 0 Å². The number of aliphatic hydroxyl groups is 1. The summed E-state index contributed by atoms with van der Waals surface area (Å²) < 4.78 is 5.21. The highest BCUT2D eigenvalue weighted by Crippen LogP contribution is 2.44. The normalized spacial score (nSPS) is 20.0. The van der Waals surface area contributed by atoms with Crippen molar-refractivity contribution in [2.75, 3.05) is 12.4 Å². The molecule has 0 aliphatic carbocycles. The summed E-state index contributed by atoms with van der Waals surface area (Å²) in [6.07, 6.45) is 1.68. The third kappa shape index (κ3) is 1.54. The Bertz CT molecular complexity index is 900. The summed E-state index contributed by atoms with van der Waals surface area (Å²) in [6.45, 7) is 0. The maximum Gasteiger partial charge on any atom is 0.265 e. The highest BCUT2D eigenvalue weighted by atomic mass is 16.5. The Morgan fingerprint density at radius 2 is 1.95 bits per heavy atom. The highest BCUT2D eigenvalue weighted by Gasteiger charge is 2.48. The molecule has 5 nitrogen and oxygen atoms in total. The molecule has 110 valence electrons. The van der Waals surface area contributed by atoms with Gasteiger partial charge in [-0.1, -0.05) is 18.2 Å². The maximum absolute atomic E-state index is 12.5. The van der Waals surface area contributed by atoms with Crippen LogP contribution in [-0.2, 0) is 10.4 Å². The van der Waals surface area contributed by atoms with E-state index < -0.39 is 11.5 Å². The van der Waals surface area contributed by atoms with E-state index in [1.54, 1.807) is 31.5 Å². The van der Waals surface area contributed by atoms with E-state index in [9.17, 15) is 9.90 Å². The van der Waals surface area contributed by atoms with Crippen molar-refractivity contribution in [1.29, 1.82) is 0 Å². The van der Waals surface area contributed by atoms with Gasteiger partial charge in [0.1, 0.15) is 5.75 Å². The van der Waals surface area contributed by atoms with Crippen molar-refractivity contribution in [2.24, 2.45) is 0 Å². The predicted octanol–water partition coefficient (Wildman–Crippen LogP) is 2.36. The molecule has 1 atom stereocenters. The number of amides is 1. The summed E-state index contributed by atoms with van der Waals surface area (Å²) in [5, 5.41) is 14.8. The standard InChI is InChI=1S/C17H14N2O3/c1-22-10-6-7-15-12(8-10)17(21,16(20)19-15)13-9-18-14-5-3-2-4-11(13)14/h2-9,18,21H,1H3,(H,19,20)/t17-/m0/s1. The molecule has 0 unspecified atom stereocenters. The molecule has 0 radical (unpaired) electrons. The molecule has 0 saturated carbocycles. The molecule has 1 aromatic heterocycles. The van der Waals surface area contributed by atoms with Crippen LogP contribution in [0.25, 0.3) is 10.9 Å². The number of anilines is 1. The van der Waals surface area contributed by atoms with Gasteiger partial charge in [0.2, 0.25) is 0 Å². The minimum absolute atomic E-state index is 0.458. The number of aromatic nitrogens is 1. The zero-order valence-electron chi connectivity index (χ0n) is 11.9. The zero-order valence-corrected chi connectivity index (χ0v) is 11.9. The lowest BCUT2D eigenvalue weighted by atomic mass is 9.87. The summed E-state index contributed by atoms with van der Waals surface area (Å²) >= 11 is 0. The summed E-state index contributed by atoms with van der Waals surface area (Å²) in [5.41, 5.74) is 0.770. The van der Waals surface area contributed by atoms with Crippen LogP contribution >= 0.6 is 0 Å². The first-order valence-electron chi connectivity index (χ1n) is 6.93. The van der Waals surface area contributed by atoms with Crippen LogP contribution in [0.3, 0.4) is 0 Å². The first-order valence-corrected chi connectivity index (χ1v) is 6.93. The molecule has 4 rings (SSSR count). The fourth-order valence-electron chi connectivity index (χ4n) is 3.03. The van der Waals surface area contributed by atoms with E-state index in [0.29, 0.717) is 22.6 Å². The number of H-pyrrole nitrogens is 1. The monoisotopic (exact) mass is 294 g/mol. The van der Waals surface area contributed by atoms with Gasteiger partial charge in [-0.25, -0.2) is 0 Å². The van der Waals surface area contributed by atoms with Crippen molar-refractivity contribution >= 4 is 22.5 Å². The largest absolute Gasteiger partial charge is 0.497 e. The van der Waals surface area contributed by atoms with Gasteiger partial charge in [0.05, 0.1) is 7.11 Å². The van der Waals surface area contributed by atoms with Gasteiger partial charge in [0.15, 0.2) is 5.60 Å². The number of carbonyl (C=O) groups excluding carboxylic acids is 1. The van der Waals surface area contributed by atoms with E-state index in [-0.39, 0.29) is 0 Å². The Balaban J connectivity index is 2.00. The fourth-order valence-corrected chi connectivity index (χ4v) is 3.03. The number of aromatic amines is 1. The zero-order chi connectivity index (χ0) is 15.3. The summed E-state index contributed by atoms with van der Waals surface area (Å²) in [4.78, 5) is 15.6. The Labute approximate surface area is 126 Å². The molecule has 0 bridgehead atoms. The number of nitrogens with one attached hydrogen (secondary N) is 2. The molecule has 0 spiro atoms.